The Balaban J connectivity index is 1.88. The lowest BCUT2D eigenvalue weighted by Gasteiger charge is -2.28. The Bertz CT molecular complexity index is 1050. The van der Waals surface area contributed by atoms with Crippen molar-refractivity contribution >= 4 is 0 Å². The second-order valence-electron chi connectivity index (χ2n) is 7.66. The second-order valence-corrected chi connectivity index (χ2v) is 7.66. The molecule has 0 spiro atoms. The van der Waals surface area contributed by atoms with E-state index in [1.807, 2.05) is 4.57 Å². The Morgan fingerprint density at radius 1 is 1.06 bits per heavy atom. The van der Waals surface area contributed by atoms with E-state index >= 15 is 0 Å². The van der Waals surface area contributed by atoms with Crippen molar-refractivity contribution in [3.05, 3.63) is 45.6 Å². The third-order valence-corrected chi connectivity index (χ3v) is 5.39. The zero-order valence-corrected chi connectivity index (χ0v) is 18.3. The van der Waals surface area contributed by atoms with E-state index in [0.717, 1.165) is 0 Å². The van der Waals surface area contributed by atoms with Gasteiger partial charge in [-0.25, -0.2) is 0 Å². The summed E-state index contributed by atoms with van der Waals surface area (Å²) >= 11 is 0. The van der Waals surface area contributed by atoms with Crippen LogP contribution in [0.4, 0.5) is 22.0 Å². The smallest absolute Gasteiger partial charge is 0.456 e. The minimum atomic E-state index is -5.69. The molecule has 1 atom stereocenters. The predicted molar refractivity (Wildman–Crippen MR) is 109 cm³/mol. The standard InChI is InChI=1S/C22H24F5NO5/c1-13-18(29)9-19(32-11-16(31-3)10-30-2)28-7-6-14-8-15(4-5-17(14)20(13)28)33-12-21(23,24)22(25,26)27/h4-5,8-9,16H,6-7,10-12H2,1-3H3/t16-/m0/s1. The Kier molecular flexibility index (Phi) is 7.32. The number of ether oxygens (including phenoxy) is 4. The van der Waals surface area contributed by atoms with Crippen molar-refractivity contribution in [2.24, 2.45) is 0 Å². The number of methoxy groups -OCH3 is 2. The Morgan fingerprint density at radius 3 is 2.42 bits per heavy atom. The molecule has 1 aliphatic rings. The van der Waals surface area contributed by atoms with E-state index in [1.54, 1.807) is 13.0 Å². The molecule has 0 unspecified atom stereocenters. The van der Waals surface area contributed by atoms with Gasteiger partial charge < -0.3 is 23.5 Å². The fourth-order valence-electron chi connectivity index (χ4n) is 3.55. The number of halogens is 5. The maximum atomic E-state index is 13.2. The van der Waals surface area contributed by atoms with Crippen molar-refractivity contribution in [2.45, 2.75) is 38.1 Å². The lowest BCUT2D eigenvalue weighted by molar-refractivity contribution is -0.290. The summed E-state index contributed by atoms with van der Waals surface area (Å²) in [5.74, 6) is -4.73. The quantitative estimate of drug-likeness (QED) is 0.511. The van der Waals surface area contributed by atoms with Gasteiger partial charge in [0, 0.05) is 38.0 Å². The van der Waals surface area contributed by atoms with E-state index in [1.165, 1.54) is 32.4 Å². The van der Waals surface area contributed by atoms with Gasteiger partial charge in [0.15, 0.2) is 17.9 Å². The van der Waals surface area contributed by atoms with Crippen molar-refractivity contribution in [2.75, 3.05) is 34.0 Å². The molecule has 1 aromatic heterocycles. The summed E-state index contributed by atoms with van der Waals surface area (Å²) < 4.78 is 86.3. The molecule has 0 bridgehead atoms. The lowest BCUT2D eigenvalue weighted by Crippen LogP contribution is -2.41. The molecule has 0 N–H and O–H groups in total. The highest BCUT2D eigenvalue weighted by atomic mass is 19.4. The molecule has 0 amide bonds. The highest BCUT2D eigenvalue weighted by Gasteiger charge is 2.58. The molecule has 3 rings (SSSR count). The molecule has 11 heteroatoms. The van der Waals surface area contributed by atoms with Crippen LogP contribution in [0.5, 0.6) is 11.6 Å². The number of aryl methyl sites for hydroxylation is 1. The van der Waals surface area contributed by atoms with Gasteiger partial charge in [0.25, 0.3) is 0 Å². The monoisotopic (exact) mass is 477 g/mol. The third-order valence-electron chi connectivity index (χ3n) is 5.39. The number of pyridine rings is 1. The van der Waals surface area contributed by atoms with E-state index in [2.05, 4.69) is 0 Å². The minimum absolute atomic E-state index is 0.110. The van der Waals surface area contributed by atoms with Crippen LogP contribution < -0.4 is 14.9 Å². The predicted octanol–water partition coefficient (Wildman–Crippen LogP) is 4.00. The second kappa shape index (κ2) is 9.68. The lowest BCUT2D eigenvalue weighted by atomic mass is 9.94. The fourth-order valence-corrected chi connectivity index (χ4v) is 3.55. The zero-order chi connectivity index (χ0) is 24.4. The number of rotatable bonds is 9. The largest absolute Gasteiger partial charge is 0.487 e. The van der Waals surface area contributed by atoms with Gasteiger partial charge in [-0.3, -0.25) is 4.79 Å². The van der Waals surface area contributed by atoms with Gasteiger partial charge in [-0.2, -0.15) is 22.0 Å². The molecule has 0 saturated carbocycles. The summed E-state index contributed by atoms with van der Waals surface area (Å²) in [5.41, 5.74) is 2.11. The third kappa shape index (κ3) is 5.30. The highest BCUT2D eigenvalue weighted by Crippen LogP contribution is 2.38. The molecule has 0 saturated heterocycles. The van der Waals surface area contributed by atoms with Crippen LogP contribution in [0.3, 0.4) is 0 Å². The van der Waals surface area contributed by atoms with E-state index in [0.29, 0.717) is 47.8 Å². The average molecular weight is 477 g/mol. The van der Waals surface area contributed by atoms with E-state index in [-0.39, 0.29) is 23.9 Å². The summed E-state index contributed by atoms with van der Waals surface area (Å²) in [7, 11) is 3.05. The van der Waals surface area contributed by atoms with Crippen molar-refractivity contribution < 1.29 is 40.9 Å². The number of hydrogen-bond donors (Lipinski definition) is 0. The van der Waals surface area contributed by atoms with Crippen LogP contribution in [0.2, 0.25) is 0 Å². The van der Waals surface area contributed by atoms with E-state index in [9.17, 15) is 26.7 Å². The number of nitrogens with zero attached hydrogens (tertiary/aromatic N) is 1. The number of alkyl halides is 5. The number of benzene rings is 1. The van der Waals surface area contributed by atoms with Crippen LogP contribution in [0.15, 0.2) is 29.1 Å². The first-order valence-electron chi connectivity index (χ1n) is 10.1. The van der Waals surface area contributed by atoms with Crippen LogP contribution in [-0.2, 0) is 22.4 Å². The Labute approximate surface area is 186 Å². The molecular formula is C22H24F5NO5. The Morgan fingerprint density at radius 2 is 1.79 bits per heavy atom. The topological polar surface area (TPSA) is 58.9 Å². The summed E-state index contributed by atoms with van der Waals surface area (Å²) in [4.78, 5) is 12.6. The average Bonchev–Trinajstić information content (AvgIpc) is 2.76. The van der Waals surface area contributed by atoms with E-state index < -0.39 is 18.7 Å². The maximum absolute atomic E-state index is 13.2. The van der Waals surface area contributed by atoms with Crippen LogP contribution in [0.1, 0.15) is 11.1 Å². The summed E-state index contributed by atoms with van der Waals surface area (Å²) in [6.07, 6.45) is -5.60. The van der Waals surface area contributed by atoms with Crippen LogP contribution in [0.25, 0.3) is 11.3 Å². The summed E-state index contributed by atoms with van der Waals surface area (Å²) in [6, 6.07) is 5.65. The van der Waals surface area contributed by atoms with Crippen molar-refractivity contribution in [3.8, 4) is 22.9 Å². The van der Waals surface area contributed by atoms with E-state index in [4.69, 9.17) is 18.9 Å². The molecule has 1 aliphatic heterocycles. The molecule has 33 heavy (non-hydrogen) atoms. The molecule has 182 valence electrons. The molecule has 2 heterocycles. The minimum Gasteiger partial charge on any atom is -0.487 e. The molecule has 0 radical (unpaired) electrons. The SMILES string of the molecule is COC[C@@H](COc1cc(=O)c(C)c2n1CCc1cc(OCC(F)(F)C(F)(F)F)ccc1-2)OC. The van der Waals surface area contributed by atoms with Gasteiger partial charge in [-0.15, -0.1) is 0 Å². The maximum Gasteiger partial charge on any atom is 0.456 e. The van der Waals surface area contributed by atoms with Gasteiger partial charge in [0.1, 0.15) is 18.5 Å². The first-order chi connectivity index (χ1) is 15.5. The molecule has 1 aromatic carbocycles. The fraction of sp³-hybridized carbons (Fsp3) is 0.500. The molecule has 0 aliphatic carbocycles. The first-order valence-corrected chi connectivity index (χ1v) is 10.1. The van der Waals surface area contributed by atoms with Gasteiger partial charge in [-0.05, 0) is 37.1 Å². The van der Waals surface area contributed by atoms with Crippen molar-refractivity contribution in [1.82, 2.24) is 4.57 Å². The zero-order valence-electron chi connectivity index (χ0n) is 18.3. The van der Waals surface area contributed by atoms with Gasteiger partial charge in [-0.1, -0.05) is 0 Å². The number of aromatic nitrogens is 1. The molecular weight excluding hydrogens is 453 g/mol. The molecule has 2 aromatic rings. The summed E-state index contributed by atoms with van der Waals surface area (Å²) in [6.45, 7) is 0.704. The summed E-state index contributed by atoms with van der Waals surface area (Å²) in [5, 5.41) is 0. The van der Waals surface area contributed by atoms with Crippen molar-refractivity contribution in [3.63, 3.8) is 0 Å². The first kappa shape index (κ1) is 25.0. The van der Waals surface area contributed by atoms with Gasteiger partial charge in [0.05, 0.1) is 12.3 Å². The molecule has 0 fully saturated rings. The van der Waals surface area contributed by atoms with Gasteiger partial charge >= 0.3 is 12.1 Å². The molecule has 6 nitrogen and oxygen atoms in total. The van der Waals surface area contributed by atoms with Gasteiger partial charge in [0.2, 0.25) is 0 Å². The van der Waals surface area contributed by atoms with Crippen LogP contribution in [-0.4, -0.2) is 56.8 Å². The van der Waals surface area contributed by atoms with Crippen molar-refractivity contribution in [1.29, 1.82) is 0 Å². The normalized spacial score (nSPS) is 14.4. The Hall–Kier alpha value is -2.66. The van der Waals surface area contributed by atoms with Crippen LogP contribution >= 0.6 is 0 Å². The highest BCUT2D eigenvalue weighted by molar-refractivity contribution is 5.70. The number of hydrogen-bond acceptors (Lipinski definition) is 5. The van der Waals surface area contributed by atoms with Crippen LogP contribution in [0, 0.1) is 6.92 Å². The number of fused-ring (bicyclic) bond motifs is 3.